The number of rotatable bonds is 5. The second kappa shape index (κ2) is 6.14. The summed E-state index contributed by atoms with van der Waals surface area (Å²) in [4.78, 5) is 13.7. The monoisotopic (exact) mass is 250 g/mol. The summed E-state index contributed by atoms with van der Waals surface area (Å²) in [6, 6.07) is 5.57. The Morgan fingerprint density at radius 3 is 2.50 bits per heavy atom. The molecule has 0 aromatic heterocycles. The maximum atomic E-state index is 11.7. The molecular weight excluding hydrogens is 228 g/mol. The van der Waals surface area contributed by atoms with Crippen LogP contribution in [0, 0.1) is 0 Å². The molecule has 5 nitrogen and oxygen atoms in total. The Kier molecular flexibility index (Phi) is 4.83. The first-order chi connectivity index (χ1) is 8.43. The van der Waals surface area contributed by atoms with Crippen LogP contribution in [0.1, 0.15) is 20.8 Å². The van der Waals surface area contributed by atoms with Crippen molar-refractivity contribution in [2.75, 3.05) is 29.5 Å². The van der Waals surface area contributed by atoms with E-state index in [9.17, 15) is 4.79 Å². The number of nitrogens with two attached hydrogens (primary N) is 2. The van der Waals surface area contributed by atoms with Gasteiger partial charge in [-0.25, -0.2) is 0 Å². The molecule has 0 aliphatic carbocycles. The van der Waals surface area contributed by atoms with Crippen molar-refractivity contribution >= 4 is 23.0 Å². The average molecular weight is 250 g/mol. The fourth-order valence-electron chi connectivity index (χ4n) is 1.69. The van der Waals surface area contributed by atoms with Gasteiger partial charge in [0.25, 0.3) is 0 Å². The van der Waals surface area contributed by atoms with Gasteiger partial charge in [0.05, 0.1) is 17.9 Å². The zero-order valence-corrected chi connectivity index (χ0v) is 11.2. The standard InChI is InChI=1S/C13H22N4O/c1-4-17(8-13(18)16-9(2)3)10-5-6-11(14)12(15)7-10/h5-7,9H,4,8,14-15H2,1-3H3,(H,16,18). The molecule has 0 spiro atoms. The van der Waals surface area contributed by atoms with E-state index in [0.29, 0.717) is 17.9 Å². The van der Waals surface area contributed by atoms with Crippen LogP contribution in [0.2, 0.25) is 0 Å². The molecule has 0 unspecified atom stereocenters. The minimum Gasteiger partial charge on any atom is -0.397 e. The van der Waals surface area contributed by atoms with Gasteiger partial charge in [-0.2, -0.15) is 0 Å². The van der Waals surface area contributed by atoms with Gasteiger partial charge < -0.3 is 21.7 Å². The molecule has 1 amide bonds. The number of amides is 1. The molecule has 0 heterocycles. The van der Waals surface area contributed by atoms with Crippen molar-refractivity contribution in [2.24, 2.45) is 0 Å². The molecule has 1 aromatic carbocycles. The first kappa shape index (κ1) is 14.2. The highest BCUT2D eigenvalue weighted by molar-refractivity contribution is 5.82. The molecule has 18 heavy (non-hydrogen) atoms. The molecule has 1 rings (SSSR count). The Labute approximate surface area is 108 Å². The van der Waals surface area contributed by atoms with Crippen molar-refractivity contribution < 1.29 is 4.79 Å². The van der Waals surface area contributed by atoms with Gasteiger partial charge in [-0.3, -0.25) is 4.79 Å². The fourth-order valence-corrected chi connectivity index (χ4v) is 1.69. The lowest BCUT2D eigenvalue weighted by molar-refractivity contribution is -0.120. The Morgan fingerprint density at radius 2 is 2.00 bits per heavy atom. The van der Waals surface area contributed by atoms with Crippen LogP contribution in [0.5, 0.6) is 0 Å². The maximum Gasteiger partial charge on any atom is 0.239 e. The van der Waals surface area contributed by atoms with Crippen LogP contribution in [-0.2, 0) is 4.79 Å². The number of nitrogen functional groups attached to an aromatic ring is 2. The summed E-state index contributed by atoms with van der Waals surface area (Å²) in [6.45, 7) is 6.92. The minimum atomic E-state index is 0.00208. The molecule has 0 saturated carbocycles. The van der Waals surface area contributed by atoms with E-state index < -0.39 is 0 Å². The Bertz CT molecular complexity index is 417. The van der Waals surface area contributed by atoms with Gasteiger partial charge in [-0.1, -0.05) is 0 Å². The number of benzene rings is 1. The fraction of sp³-hybridized carbons (Fsp3) is 0.462. The first-order valence-corrected chi connectivity index (χ1v) is 6.13. The number of carbonyl (C=O) groups excluding carboxylic acids is 1. The first-order valence-electron chi connectivity index (χ1n) is 6.13. The normalized spacial score (nSPS) is 10.4. The van der Waals surface area contributed by atoms with E-state index in [1.807, 2.05) is 31.7 Å². The Morgan fingerprint density at radius 1 is 1.33 bits per heavy atom. The lowest BCUT2D eigenvalue weighted by atomic mass is 10.2. The highest BCUT2D eigenvalue weighted by Gasteiger charge is 2.11. The molecule has 0 fully saturated rings. The zero-order valence-electron chi connectivity index (χ0n) is 11.2. The summed E-state index contributed by atoms with van der Waals surface area (Å²) in [6.07, 6.45) is 0. The molecule has 5 N–H and O–H groups in total. The highest BCUT2D eigenvalue weighted by atomic mass is 16.2. The Balaban J connectivity index is 2.76. The van der Waals surface area contributed by atoms with Crippen LogP contribution in [0.25, 0.3) is 0 Å². The van der Waals surface area contributed by atoms with Crippen molar-refractivity contribution in [1.29, 1.82) is 0 Å². The van der Waals surface area contributed by atoms with E-state index in [4.69, 9.17) is 11.5 Å². The van der Waals surface area contributed by atoms with E-state index in [0.717, 1.165) is 12.2 Å². The van der Waals surface area contributed by atoms with Gasteiger partial charge in [0, 0.05) is 18.3 Å². The molecule has 1 aromatic rings. The molecule has 0 atom stereocenters. The molecule has 0 radical (unpaired) electrons. The van der Waals surface area contributed by atoms with Crippen LogP contribution < -0.4 is 21.7 Å². The summed E-state index contributed by atoms with van der Waals surface area (Å²) >= 11 is 0. The number of hydrogen-bond donors (Lipinski definition) is 3. The predicted molar refractivity (Wildman–Crippen MR) is 76.4 cm³/mol. The number of likely N-dealkylation sites (N-methyl/N-ethyl adjacent to an activating group) is 1. The van der Waals surface area contributed by atoms with Crippen LogP contribution in [0.3, 0.4) is 0 Å². The van der Waals surface area contributed by atoms with E-state index in [1.165, 1.54) is 0 Å². The Hall–Kier alpha value is -1.91. The highest BCUT2D eigenvalue weighted by Crippen LogP contribution is 2.22. The molecular formula is C13H22N4O. The van der Waals surface area contributed by atoms with Gasteiger partial charge in [-0.05, 0) is 39.0 Å². The van der Waals surface area contributed by atoms with E-state index >= 15 is 0 Å². The number of nitrogens with one attached hydrogen (secondary N) is 1. The zero-order chi connectivity index (χ0) is 13.7. The number of hydrogen-bond acceptors (Lipinski definition) is 4. The van der Waals surface area contributed by atoms with E-state index in [1.54, 1.807) is 12.1 Å². The second-order valence-corrected chi connectivity index (χ2v) is 4.55. The van der Waals surface area contributed by atoms with Gasteiger partial charge in [0.2, 0.25) is 5.91 Å². The number of nitrogens with zero attached hydrogens (tertiary/aromatic N) is 1. The lowest BCUT2D eigenvalue weighted by Gasteiger charge is -2.23. The largest absolute Gasteiger partial charge is 0.397 e. The molecule has 0 saturated heterocycles. The summed E-state index contributed by atoms with van der Waals surface area (Å²) in [5.41, 5.74) is 13.4. The average Bonchev–Trinajstić information content (AvgIpc) is 2.29. The second-order valence-electron chi connectivity index (χ2n) is 4.55. The summed E-state index contributed by atoms with van der Waals surface area (Å²) in [5.74, 6) is 0.00208. The van der Waals surface area contributed by atoms with Crippen molar-refractivity contribution in [3.8, 4) is 0 Å². The van der Waals surface area contributed by atoms with Gasteiger partial charge >= 0.3 is 0 Å². The van der Waals surface area contributed by atoms with Crippen molar-refractivity contribution in [3.05, 3.63) is 18.2 Å². The summed E-state index contributed by atoms with van der Waals surface area (Å²) in [5, 5.41) is 2.87. The third-order valence-electron chi connectivity index (χ3n) is 2.60. The van der Waals surface area contributed by atoms with Crippen molar-refractivity contribution in [1.82, 2.24) is 5.32 Å². The quantitative estimate of drug-likeness (QED) is 0.686. The smallest absolute Gasteiger partial charge is 0.239 e. The van der Waals surface area contributed by atoms with E-state index in [2.05, 4.69) is 5.32 Å². The topological polar surface area (TPSA) is 84.4 Å². The number of carbonyl (C=O) groups is 1. The maximum absolute atomic E-state index is 11.7. The van der Waals surface area contributed by atoms with E-state index in [-0.39, 0.29) is 11.9 Å². The van der Waals surface area contributed by atoms with Gasteiger partial charge in [-0.15, -0.1) is 0 Å². The van der Waals surface area contributed by atoms with Gasteiger partial charge in [0.15, 0.2) is 0 Å². The predicted octanol–water partition coefficient (Wildman–Crippen LogP) is 1.20. The molecule has 0 aliphatic heterocycles. The summed E-state index contributed by atoms with van der Waals surface area (Å²) < 4.78 is 0. The van der Waals surface area contributed by atoms with Gasteiger partial charge in [0.1, 0.15) is 0 Å². The molecule has 5 heteroatoms. The SMILES string of the molecule is CCN(CC(=O)NC(C)C)c1ccc(N)c(N)c1. The van der Waals surface area contributed by atoms with Crippen LogP contribution >= 0.6 is 0 Å². The van der Waals surface area contributed by atoms with Crippen LogP contribution in [0.15, 0.2) is 18.2 Å². The van der Waals surface area contributed by atoms with Crippen molar-refractivity contribution in [2.45, 2.75) is 26.8 Å². The summed E-state index contributed by atoms with van der Waals surface area (Å²) in [7, 11) is 0. The molecule has 0 bridgehead atoms. The minimum absolute atomic E-state index is 0.00208. The molecule has 0 aliphatic rings. The third-order valence-corrected chi connectivity index (χ3v) is 2.60. The van der Waals surface area contributed by atoms with Crippen molar-refractivity contribution in [3.63, 3.8) is 0 Å². The van der Waals surface area contributed by atoms with Crippen LogP contribution in [0.4, 0.5) is 17.1 Å². The molecule has 100 valence electrons. The number of anilines is 3. The van der Waals surface area contributed by atoms with Crippen LogP contribution in [-0.4, -0.2) is 25.0 Å². The third kappa shape index (κ3) is 3.84. The lowest BCUT2D eigenvalue weighted by Crippen LogP contribution is -2.40.